The number of anilines is 2. The number of rotatable bonds is 3. The summed E-state index contributed by atoms with van der Waals surface area (Å²) >= 11 is 0. The highest BCUT2D eigenvalue weighted by atomic mass is 16.2. The highest BCUT2D eigenvalue weighted by molar-refractivity contribution is 5.93. The summed E-state index contributed by atoms with van der Waals surface area (Å²) in [4.78, 5) is 24.4. The zero-order valence-corrected chi connectivity index (χ0v) is 14.6. The maximum absolute atomic E-state index is 11.8. The van der Waals surface area contributed by atoms with Crippen molar-refractivity contribution in [2.24, 2.45) is 0 Å². The number of nitrogens with one attached hydrogen (secondary N) is 1. The van der Waals surface area contributed by atoms with Crippen LogP contribution in [0.1, 0.15) is 17.3 Å². The van der Waals surface area contributed by atoms with E-state index in [0.717, 1.165) is 35.9 Å². The number of nitrogens with zero attached hydrogens (tertiary/aromatic N) is 8. The molecule has 2 saturated heterocycles. The van der Waals surface area contributed by atoms with Crippen LogP contribution in [0.3, 0.4) is 0 Å². The second kappa shape index (κ2) is 5.41. The minimum atomic E-state index is -0.0590. The molecule has 0 aromatic carbocycles. The fourth-order valence-corrected chi connectivity index (χ4v) is 3.57. The Labute approximate surface area is 149 Å². The quantitative estimate of drug-likeness (QED) is 0.738. The third-order valence-electron chi connectivity index (χ3n) is 5.17. The number of hydrogen-bond acceptors (Lipinski definition) is 6. The second-order valence-corrected chi connectivity index (χ2v) is 6.74. The van der Waals surface area contributed by atoms with E-state index in [4.69, 9.17) is 0 Å². The third kappa shape index (κ3) is 2.14. The average Bonchev–Trinajstić information content (AvgIpc) is 3.30. The molecule has 0 unspecified atom stereocenters. The molecule has 5 rings (SSSR count). The Kier molecular flexibility index (Phi) is 3.15. The molecule has 10 nitrogen and oxygen atoms in total. The summed E-state index contributed by atoms with van der Waals surface area (Å²) in [6.45, 7) is 7.06. The minimum Gasteiger partial charge on any atom is -0.352 e. The van der Waals surface area contributed by atoms with Crippen LogP contribution in [0.4, 0.5) is 16.3 Å². The Hall–Kier alpha value is -3.17. The third-order valence-corrected chi connectivity index (χ3v) is 5.17. The van der Waals surface area contributed by atoms with Gasteiger partial charge in [-0.3, -0.25) is 9.58 Å². The van der Waals surface area contributed by atoms with Crippen LogP contribution >= 0.6 is 0 Å². The predicted octanol–water partition coefficient (Wildman–Crippen LogP) is 0.529. The van der Waals surface area contributed by atoms with Crippen LogP contribution in [-0.4, -0.2) is 61.6 Å². The standard InChI is InChI=1S/C16H19N9O/c1-10-11(2)21-15-18-9-20-25(15)14(10)22-6-13(7-22)24-8-12(5-19-24)23-4-3-17-16(23)26/h5,8-9,13H,3-4,6-7H2,1-2H3,(H,17,26). The second-order valence-electron chi connectivity index (χ2n) is 6.74. The zero-order valence-electron chi connectivity index (χ0n) is 14.6. The molecule has 1 N–H and O–H groups in total. The van der Waals surface area contributed by atoms with Gasteiger partial charge in [-0.25, -0.2) is 9.78 Å². The molecule has 0 radical (unpaired) electrons. The van der Waals surface area contributed by atoms with Crippen molar-refractivity contribution in [2.75, 3.05) is 36.0 Å². The lowest BCUT2D eigenvalue weighted by atomic mass is 10.1. The number of carbonyl (C=O) groups is 1. The molecule has 0 spiro atoms. The van der Waals surface area contributed by atoms with Crippen molar-refractivity contribution in [3.8, 4) is 0 Å². The number of aryl methyl sites for hydroxylation is 1. The molecule has 2 aliphatic rings. The van der Waals surface area contributed by atoms with E-state index >= 15 is 0 Å². The van der Waals surface area contributed by atoms with Crippen LogP contribution in [0.2, 0.25) is 0 Å². The molecular weight excluding hydrogens is 334 g/mol. The molecule has 0 saturated carbocycles. The number of fused-ring (bicyclic) bond motifs is 1. The highest BCUT2D eigenvalue weighted by Crippen LogP contribution is 2.31. The number of amides is 2. The van der Waals surface area contributed by atoms with Crippen molar-refractivity contribution in [3.05, 3.63) is 30.0 Å². The molecule has 0 atom stereocenters. The Morgan fingerprint density at radius 2 is 2.08 bits per heavy atom. The number of urea groups is 1. The maximum Gasteiger partial charge on any atom is 0.322 e. The Morgan fingerprint density at radius 1 is 1.23 bits per heavy atom. The lowest BCUT2D eigenvalue weighted by Gasteiger charge is -2.41. The predicted molar refractivity (Wildman–Crippen MR) is 94.5 cm³/mol. The summed E-state index contributed by atoms with van der Waals surface area (Å²) in [5.41, 5.74) is 2.91. The zero-order chi connectivity index (χ0) is 17.8. The Balaban J connectivity index is 1.37. The monoisotopic (exact) mass is 353 g/mol. The first-order valence-electron chi connectivity index (χ1n) is 8.63. The molecule has 3 aromatic rings. The van der Waals surface area contributed by atoms with Gasteiger partial charge in [-0.1, -0.05) is 0 Å². The molecule has 2 fully saturated rings. The van der Waals surface area contributed by atoms with Crippen molar-refractivity contribution < 1.29 is 4.79 Å². The van der Waals surface area contributed by atoms with E-state index in [9.17, 15) is 4.79 Å². The van der Waals surface area contributed by atoms with Crippen molar-refractivity contribution in [1.29, 1.82) is 0 Å². The topological polar surface area (TPSA) is 96.5 Å². The number of hydrogen-bond donors (Lipinski definition) is 1. The fourth-order valence-electron chi connectivity index (χ4n) is 3.57. The minimum absolute atomic E-state index is 0.0590. The van der Waals surface area contributed by atoms with Gasteiger partial charge in [0.1, 0.15) is 12.1 Å². The average molecular weight is 353 g/mol. The van der Waals surface area contributed by atoms with Crippen LogP contribution in [0.5, 0.6) is 0 Å². The van der Waals surface area contributed by atoms with Gasteiger partial charge in [-0.2, -0.15) is 19.7 Å². The SMILES string of the molecule is Cc1nc2ncnn2c(N2CC(n3cc(N4CCNC4=O)cn3)C2)c1C. The van der Waals surface area contributed by atoms with Crippen LogP contribution in [0.15, 0.2) is 18.7 Å². The van der Waals surface area contributed by atoms with Gasteiger partial charge in [0.2, 0.25) is 0 Å². The summed E-state index contributed by atoms with van der Waals surface area (Å²) in [6, 6.07) is 0.206. The van der Waals surface area contributed by atoms with E-state index in [1.54, 1.807) is 15.6 Å². The van der Waals surface area contributed by atoms with Gasteiger partial charge < -0.3 is 10.2 Å². The van der Waals surface area contributed by atoms with Crippen LogP contribution in [-0.2, 0) is 0 Å². The smallest absolute Gasteiger partial charge is 0.322 e. The number of carbonyl (C=O) groups excluding carboxylic acids is 1. The fraction of sp³-hybridized carbons (Fsp3) is 0.438. The molecule has 26 heavy (non-hydrogen) atoms. The van der Waals surface area contributed by atoms with Crippen LogP contribution < -0.4 is 15.1 Å². The summed E-state index contributed by atoms with van der Waals surface area (Å²) in [5.74, 6) is 1.65. The van der Waals surface area contributed by atoms with Gasteiger partial charge in [-0.05, 0) is 13.8 Å². The van der Waals surface area contributed by atoms with E-state index in [2.05, 4.69) is 37.3 Å². The van der Waals surface area contributed by atoms with E-state index in [1.165, 1.54) is 6.33 Å². The normalized spacial score (nSPS) is 17.8. The summed E-state index contributed by atoms with van der Waals surface area (Å²) < 4.78 is 3.74. The molecule has 5 heterocycles. The first kappa shape index (κ1) is 15.1. The van der Waals surface area contributed by atoms with Gasteiger partial charge in [0.15, 0.2) is 0 Å². The first-order valence-corrected chi connectivity index (χ1v) is 8.63. The first-order chi connectivity index (χ1) is 12.6. The molecule has 0 bridgehead atoms. The molecule has 134 valence electrons. The molecule has 0 aliphatic carbocycles. The van der Waals surface area contributed by atoms with E-state index < -0.39 is 0 Å². The summed E-state index contributed by atoms with van der Waals surface area (Å²) in [7, 11) is 0. The highest BCUT2D eigenvalue weighted by Gasteiger charge is 2.33. The van der Waals surface area contributed by atoms with Gasteiger partial charge in [0.25, 0.3) is 5.78 Å². The Morgan fingerprint density at radius 3 is 2.85 bits per heavy atom. The van der Waals surface area contributed by atoms with Crippen molar-refractivity contribution >= 4 is 23.3 Å². The van der Waals surface area contributed by atoms with Gasteiger partial charge >= 0.3 is 6.03 Å². The summed E-state index contributed by atoms with van der Waals surface area (Å²) in [6.07, 6.45) is 5.23. The van der Waals surface area contributed by atoms with E-state index in [1.807, 2.05) is 17.8 Å². The van der Waals surface area contributed by atoms with Gasteiger partial charge in [0, 0.05) is 43.6 Å². The maximum atomic E-state index is 11.8. The largest absolute Gasteiger partial charge is 0.352 e. The molecular formula is C16H19N9O. The summed E-state index contributed by atoms with van der Waals surface area (Å²) in [5, 5.41) is 11.6. The Bertz CT molecular complexity index is 1000. The van der Waals surface area contributed by atoms with Crippen molar-refractivity contribution in [3.63, 3.8) is 0 Å². The lowest BCUT2D eigenvalue weighted by molar-refractivity contribution is 0.252. The van der Waals surface area contributed by atoms with Crippen LogP contribution in [0, 0.1) is 13.8 Å². The lowest BCUT2D eigenvalue weighted by Crippen LogP contribution is -2.49. The number of aromatic nitrogens is 6. The van der Waals surface area contributed by atoms with Crippen LogP contribution in [0.25, 0.3) is 5.78 Å². The van der Waals surface area contributed by atoms with Crippen molar-refractivity contribution in [2.45, 2.75) is 19.9 Å². The van der Waals surface area contributed by atoms with Crippen molar-refractivity contribution in [1.82, 2.24) is 34.7 Å². The molecule has 2 amide bonds. The van der Waals surface area contributed by atoms with E-state index in [-0.39, 0.29) is 12.1 Å². The molecule has 3 aromatic heterocycles. The van der Waals surface area contributed by atoms with Gasteiger partial charge in [-0.15, -0.1) is 0 Å². The molecule has 10 heteroatoms. The molecule has 2 aliphatic heterocycles. The van der Waals surface area contributed by atoms with E-state index in [0.29, 0.717) is 18.9 Å². The van der Waals surface area contributed by atoms with Gasteiger partial charge in [0.05, 0.1) is 17.9 Å².